The number of nitrogens with zero attached hydrogens (tertiary/aromatic N) is 3. The van der Waals surface area contributed by atoms with Gasteiger partial charge < -0.3 is 0 Å². The normalized spacial score (nSPS) is 14.5. The Morgan fingerprint density at radius 2 is 2.00 bits per heavy atom. The van der Waals surface area contributed by atoms with Crippen LogP contribution in [0.5, 0.6) is 0 Å². The molecule has 0 radical (unpaired) electrons. The van der Waals surface area contributed by atoms with Gasteiger partial charge >= 0.3 is 0 Å². The first-order chi connectivity index (χ1) is 12.4. The van der Waals surface area contributed by atoms with E-state index in [-0.39, 0.29) is 0 Å². The molecule has 0 spiro atoms. The molecule has 2 heterocycles. The number of nitrogens with one attached hydrogen (secondary N) is 1. The van der Waals surface area contributed by atoms with Crippen LogP contribution in [-0.4, -0.2) is 35.3 Å². The summed E-state index contributed by atoms with van der Waals surface area (Å²) in [5.41, 5.74) is 2.77. The van der Waals surface area contributed by atoms with Crippen molar-refractivity contribution in [2.75, 3.05) is 6.26 Å². The van der Waals surface area contributed by atoms with Gasteiger partial charge in [-0.15, -0.1) is 0 Å². The van der Waals surface area contributed by atoms with Gasteiger partial charge in [0.2, 0.25) is 10.0 Å². The van der Waals surface area contributed by atoms with Crippen LogP contribution in [0.4, 0.5) is 0 Å². The monoisotopic (exact) mass is 370 g/mol. The van der Waals surface area contributed by atoms with E-state index in [0.717, 1.165) is 30.4 Å². The van der Waals surface area contributed by atoms with Gasteiger partial charge in [-0.1, -0.05) is 30.3 Å². The van der Waals surface area contributed by atoms with Crippen molar-refractivity contribution in [1.29, 1.82) is 0 Å². The summed E-state index contributed by atoms with van der Waals surface area (Å²) in [5.74, 6) is -0.328. The first kappa shape index (κ1) is 16.7. The van der Waals surface area contributed by atoms with Gasteiger partial charge in [0, 0.05) is 11.6 Å². The molecule has 0 atom stereocenters. The predicted molar refractivity (Wildman–Crippen MR) is 97.4 cm³/mol. The Balaban J connectivity index is 1.80. The molecule has 8 heteroatoms. The summed E-state index contributed by atoms with van der Waals surface area (Å²) in [6.07, 6.45) is 4.58. The van der Waals surface area contributed by atoms with Crippen molar-refractivity contribution in [3.63, 3.8) is 0 Å². The second kappa shape index (κ2) is 6.21. The van der Waals surface area contributed by atoms with Gasteiger partial charge in [-0.05, 0) is 24.5 Å². The number of fused-ring (bicyclic) bond motifs is 1. The zero-order valence-electron chi connectivity index (χ0n) is 14.2. The number of carbonyl (C=O) groups excluding carboxylic acids is 1. The minimum atomic E-state index is -3.65. The molecule has 4 rings (SSSR count). The third-order valence-corrected chi connectivity index (χ3v) is 4.88. The summed E-state index contributed by atoms with van der Waals surface area (Å²) in [6.45, 7) is 0.526. The van der Waals surface area contributed by atoms with E-state index >= 15 is 0 Å². The number of hydrogen-bond donors (Lipinski definition) is 1. The number of hydrogen-bond acceptors (Lipinski definition) is 5. The predicted octanol–water partition coefficient (Wildman–Crippen LogP) is 2.05. The highest BCUT2D eigenvalue weighted by Gasteiger charge is 2.28. The Morgan fingerprint density at radius 1 is 1.27 bits per heavy atom. The zero-order valence-corrected chi connectivity index (χ0v) is 15.0. The quantitative estimate of drug-likeness (QED) is 0.742. The van der Waals surface area contributed by atoms with Crippen LogP contribution in [0, 0.1) is 0 Å². The lowest BCUT2D eigenvalue weighted by Crippen LogP contribution is -2.29. The molecule has 1 aliphatic carbocycles. The van der Waals surface area contributed by atoms with Gasteiger partial charge in [0.15, 0.2) is 5.65 Å². The Hall–Kier alpha value is -2.74. The molecule has 1 aromatic carbocycles. The second-order valence-electron chi connectivity index (χ2n) is 6.60. The molecule has 3 aromatic rings. The molecular weight excluding hydrogens is 352 g/mol. The summed E-state index contributed by atoms with van der Waals surface area (Å²) in [7, 11) is -3.65. The van der Waals surface area contributed by atoms with Crippen molar-refractivity contribution in [1.82, 2.24) is 19.5 Å². The van der Waals surface area contributed by atoms with Crippen LogP contribution in [0.2, 0.25) is 0 Å². The summed E-state index contributed by atoms with van der Waals surface area (Å²) < 4.78 is 26.7. The molecule has 1 N–H and O–H groups in total. The van der Waals surface area contributed by atoms with Gasteiger partial charge in [0.1, 0.15) is 0 Å². The highest BCUT2D eigenvalue weighted by molar-refractivity contribution is 7.89. The van der Waals surface area contributed by atoms with E-state index in [1.165, 1.54) is 0 Å². The standard InChI is InChI=1S/C18H18N4O3S/c1-26(24,25)21-18(23)14-9-16(13-7-8-13)20-17-15(14)10-19-22(17)11-12-5-3-2-4-6-12/h2-6,9-10,13H,7-8,11H2,1H3,(H,21,23). The Kier molecular flexibility index (Phi) is 3.99. The van der Waals surface area contributed by atoms with Crippen LogP contribution in [0.3, 0.4) is 0 Å². The molecular formula is C18H18N4O3S. The SMILES string of the molecule is CS(=O)(=O)NC(=O)c1cc(C2CC2)nc2c1cnn2Cc1ccccc1. The molecule has 2 aromatic heterocycles. The molecule has 1 amide bonds. The van der Waals surface area contributed by atoms with Gasteiger partial charge in [-0.2, -0.15) is 5.10 Å². The van der Waals surface area contributed by atoms with Crippen molar-refractivity contribution < 1.29 is 13.2 Å². The van der Waals surface area contributed by atoms with Crippen LogP contribution >= 0.6 is 0 Å². The first-order valence-electron chi connectivity index (χ1n) is 8.33. The maximum Gasteiger partial charge on any atom is 0.265 e. The van der Waals surface area contributed by atoms with E-state index in [0.29, 0.717) is 29.1 Å². The third-order valence-electron chi connectivity index (χ3n) is 4.32. The third kappa shape index (κ3) is 3.45. The topological polar surface area (TPSA) is 93.9 Å². The molecule has 1 aliphatic rings. The van der Waals surface area contributed by atoms with Crippen molar-refractivity contribution in [3.8, 4) is 0 Å². The number of aromatic nitrogens is 3. The smallest absolute Gasteiger partial charge is 0.265 e. The van der Waals surface area contributed by atoms with Crippen LogP contribution in [-0.2, 0) is 16.6 Å². The van der Waals surface area contributed by atoms with E-state index in [9.17, 15) is 13.2 Å². The maximum atomic E-state index is 12.5. The molecule has 0 saturated heterocycles. The molecule has 0 unspecified atom stereocenters. The van der Waals surface area contributed by atoms with Crippen LogP contribution in [0.1, 0.15) is 40.4 Å². The molecule has 26 heavy (non-hydrogen) atoms. The van der Waals surface area contributed by atoms with E-state index in [1.54, 1.807) is 16.9 Å². The van der Waals surface area contributed by atoms with Crippen LogP contribution in [0.15, 0.2) is 42.6 Å². The van der Waals surface area contributed by atoms with E-state index in [2.05, 4.69) is 5.10 Å². The highest BCUT2D eigenvalue weighted by Crippen LogP contribution is 2.40. The number of carbonyl (C=O) groups is 1. The van der Waals surface area contributed by atoms with Gasteiger partial charge in [-0.3, -0.25) is 4.79 Å². The fraction of sp³-hybridized carbons (Fsp3) is 0.278. The van der Waals surface area contributed by atoms with Crippen LogP contribution < -0.4 is 4.72 Å². The van der Waals surface area contributed by atoms with Gasteiger partial charge in [0.25, 0.3) is 5.91 Å². The summed E-state index contributed by atoms with van der Waals surface area (Å²) in [5, 5.41) is 4.92. The summed E-state index contributed by atoms with van der Waals surface area (Å²) in [6, 6.07) is 11.5. The summed E-state index contributed by atoms with van der Waals surface area (Å²) >= 11 is 0. The largest absolute Gasteiger partial charge is 0.268 e. The van der Waals surface area contributed by atoms with Crippen molar-refractivity contribution >= 4 is 27.0 Å². The maximum absolute atomic E-state index is 12.5. The second-order valence-corrected chi connectivity index (χ2v) is 8.35. The minimum absolute atomic E-state index is 0.293. The Morgan fingerprint density at radius 3 is 2.65 bits per heavy atom. The lowest BCUT2D eigenvalue weighted by Gasteiger charge is -2.08. The van der Waals surface area contributed by atoms with E-state index in [1.807, 2.05) is 35.1 Å². The molecule has 7 nitrogen and oxygen atoms in total. The van der Waals surface area contributed by atoms with Crippen molar-refractivity contribution in [2.45, 2.75) is 25.3 Å². The number of amides is 1. The van der Waals surface area contributed by atoms with Gasteiger partial charge in [0.05, 0.1) is 29.9 Å². The Bertz CT molecular complexity index is 1090. The fourth-order valence-corrected chi connectivity index (χ4v) is 3.39. The van der Waals surface area contributed by atoms with Crippen molar-refractivity contribution in [2.24, 2.45) is 0 Å². The zero-order chi connectivity index (χ0) is 18.3. The van der Waals surface area contributed by atoms with Gasteiger partial charge in [-0.25, -0.2) is 22.8 Å². The molecule has 0 aliphatic heterocycles. The lowest BCUT2D eigenvalue weighted by atomic mass is 10.1. The Labute approximate surface area is 151 Å². The molecule has 1 saturated carbocycles. The molecule has 0 bridgehead atoms. The molecule has 134 valence electrons. The van der Waals surface area contributed by atoms with Crippen molar-refractivity contribution in [3.05, 3.63) is 59.4 Å². The number of sulfonamides is 1. The average molecular weight is 370 g/mol. The summed E-state index contributed by atoms with van der Waals surface area (Å²) in [4.78, 5) is 17.2. The number of rotatable bonds is 5. The average Bonchev–Trinajstić information content (AvgIpc) is 3.36. The number of benzene rings is 1. The first-order valence-corrected chi connectivity index (χ1v) is 10.2. The van der Waals surface area contributed by atoms with Crippen LogP contribution in [0.25, 0.3) is 11.0 Å². The molecule has 1 fully saturated rings. The van der Waals surface area contributed by atoms with E-state index < -0.39 is 15.9 Å². The number of pyridine rings is 1. The highest BCUT2D eigenvalue weighted by atomic mass is 32.2. The minimum Gasteiger partial charge on any atom is -0.268 e. The van der Waals surface area contributed by atoms with E-state index in [4.69, 9.17) is 4.98 Å². The fourth-order valence-electron chi connectivity index (χ4n) is 2.94. The lowest BCUT2D eigenvalue weighted by molar-refractivity contribution is 0.0983.